The number of carbonyl (C=O) groups excluding carboxylic acids is 1. The number of benzene rings is 1. The Hall–Kier alpha value is -2.01. The fourth-order valence-corrected chi connectivity index (χ4v) is 2.69. The van der Waals surface area contributed by atoms with Crippen LogP contribution in [0.25, 0.3) is 0 Å². The molecule has 1 aromatic heterocycles. The third-order valence-corrected chi connectivity index (χ3v) is 3.70. The topological polar surface area (TPSA) is 64.3 Å². The minimum Gasteiger partial charge on any atom is -0.462 e. The molecule has 1 aromatic carbocycles. The van der Waals surface area contributed by atoms with Gasteiger partial charge in [0, 0.05) is 6.04 Å². The molecular weight excluding hydrogens is 272 g/mol. The molecule has 2 aromatic rings. The van der Waals surface area contributed by atoms with E-state index in [0.717, 1.165) is 5.56 Å². The molecule has 1 unspecified atom stereocenters. The van der Waals surface area contributed by atoms with Crippen molar-refractivity contribution in [1.29, 1.82) is 0 Å². The monoisotopic (exact) mass is 290 g/mol. The number of esters is 1. The van der Waals surface area contributed by atoms with Gasteiger partial charge < -0.3 is 15.8 Å². The van der Waals surface area contributed by atoms with Crippen molar-refractivity contribution in [1.82, 2.24) is 0 Å². The van der Waals surface area contributed by atoms with E-state index in [1.807, 2.05) is 18.4 Å². The quantitative estimate of drug-likeness (QED) is 0.651. The van der Waals surface area contributed by atoms with Crippen LogP contribution < -0.4 is 11.1 Å². The van der Waals surface area contributed by atoms with E-state index in [9.17, 15) is 4.79 Å². The van der Waals surface area contributed by atoms with E-state index >= 15 is 0 Å². The van der Waals surface area contributed by atoms with Gasteiger partial charge in [-0.2, -0.15) is 11.3 Å². The summed E-state index contributed by atoms with van der Waals surface area (Å²) >= 11 is 1.64. The van der Waals surface area contributed by atoms with E-state index in [4.69, 9.17) is 10.5 Å². The smallest absolute Gasteiger partial charge is 0.340 e. The maximum atomic E-state index is 12.0. The third kappa shape index (κ3) is 3.11. The molecule has 0 aliphatic rings. The second kappa shape index (κ2) is 6.43. The Morgan fingerprint density at radius 1 is 1.45 bits per heavy atom. The van der Waals surface area contributed by atoms with E-state index in [-0.39, 0.29) is 12.0 Å². The second-order valence-corrected chi connectivity index (χ2v) is 5.19. The van der Waals surface area contributed by atoms with E-state index < -0.39 is 0 Å². The summed E-state index contributed by atoms with van der Waals surface area (Å²) in [6, 6.07) is 7.36. The highest BCUT2D eigenvalue weighted by Gasteiger charge is 2.17. The number of carbonyl (C=O) groups is 1. The van der Waals surface area contributed by atoms with Gasteiger partial charge in [-0.3, -0.25) is 0 Å². The van der Waals surface area contributed by atoms with Crippen LogP contribution in [0.4, 0.5) is 11.4 Å². The van der Waals surface area contributed by atoms with E-state index in [0.29, 0.717) is 23.5 Å². The number of nitrogens with two attached hydrogens (primary N) is 1. The van der Waals surface area contributed by atoms with E-state index in [1.54, 1.807) is 36.5 Å². The largest absolute Gasteiger partial charge is 0.462 e. The second-order valence-electron chi connectivity index (χ2n) is 4.41. The number of anilines is 2. The van der Waals surface area contributed by atoms with Crippen LogP contribution in [0.15, 0.2) is 35.0 Å². The Bertz CT molecular complexity index is 582. The van der Waals surface area contributed by atoms with Crippen LogP contribution in [-0.4, -0.2) is 12.6 Å². The van der Waals surface area contributed by atoms with Crippen molar-refractivity contribution in [3.05, 3.63) is 46.2 Å². The molecule has 0 saturated heterocycles. The number of ether oxygens (including phenoxy) is 1. The van der Waals surface area contributed by atoms with Crippen LogP contribution >= 0.6 is 11.3 Å². The zero-order chi connectivity index (χ0) is 14.5. The molecule has 4 nitrogen and oxygen atoms in total. The number of nitrogen functional groups attached to an aromatic ring is 1. The number of rotatable bonds is 5. The van der Waals surface area contributed by atoms with Crippen LogP contribution in [0.3, 0.4) is 0 Å². The standard InChI is InChI=1S/C15H18N2O2S/c1-3-19-15(18)12-5-4-6-13(16)14(12)17-10(2)11-7-8-20-9-11/h4-10,17H,3,16H2,1-2H3. The van der Waals surface area contributed by atoms with Crippen molar-refractivity contribution in [2.45, 2.75) is 19.9 Å². The first-order valence-corrected chi connectivity index (χ1v) is 7.42. The Labute approximate surface area is 122 Å². The summed E-state index contributed by atoms with van der Waals surface area (Å²) in [6.45, 7) is 4.15. The molecule has 106 valence electrons. The maximum Gasteiger partial charge on any atom is 0.340 e. The van der Waals surface area contributed by atoms with Crippen LogP contribution in [0.5, 0.6) is 0 Å². The highest BCUT2D eigenvalue weighted by atomic mass is 32.1. The Balaban J connectivity index is 2.28. The lowest BCUT2D eigenvalue weighted by atomic mass is 10.1. The van der Waals surface area contributed by atoms with Crippen molar-refractivity contribution in [3.63, 3.8) is 0 Å². The Morgan fingerprint density at radius 3 is 2.90 bits per heavy atom. The number of thiophene rings is 1. The van der Waals surface area contributed by atoms with Crippen molar-refractivity contribution < 1.29 is 9.53 Å². The molecule has 0 aliphatic carbocycles. The summed E-state index contributed by atoms with van der Waals surface area (Å²) in [6.07, 6.45) is 0. The molecule has 1 atom stereocenters. The minimum atomic E-state index is -0.361. The van der Waals surface area contributed by atoms with Gasteiger partial charge in [0.1, 0.15) is 0 Å². The maximum absolute atomic E-state index is 12.0. The van der Waals surface area contributed by atoms with Gasteiger partial charge in [-0.05, 0) is 48.4 Å². The summed E-state index contributed by atoms with van der Waals surface area (Å²) < 4.78 is 5.06. The van der Waals surface area contributed by atoms with Crippen molar-refractivity contribution in [2.75, 3.05) is 17.7 Å². The SMILES string of the molecule is CCOC(=O)c1cccc(N)c1NC(C)c1ccsc1. The first kappa shape index (κ1) is 14.4. The fourth-order valence-electron chi connectivity index (χ4n) is 1.93. The average molecular weight is 290 g/mol. The molecule has 0 aliphatic heterocycles. The van der Waals surface area contributed by atoms with Crippen molar-refractivity contribution >= 4 is 28.7 Å². The van der Waals surface area contributed by atoms with Gasteiger partial charge in [-0.25, -0.2) is 4.79 Å². The summed E-state index contributed by atoms with van der Waals surface area (Å²) in [4.78, 5) is 12.0. The van der Waals surface area contributed by atoms with Gasteiger partial charge >= 0.3 is 5.97 Å². The highest BCUT2D eigenvalue weighted by molar-refractivity contribution is 7.08. The Morgan fingerprint density at radius 2 is 2.25 bits per heavy atom. The highest BCUT2D eigenvalue weighted by Crippen LogP contribution is 2.29. The number of nitrogens with one attached hydrogen (secondary N) is 1. The molecule has 0 amide bonds. The molecule has 0 saturated carbocycles. The summed E-state index contributed by atoms with van der Waals surface area (Å²) in [5.41, 5.74) is 8.78. The summed E-state index contributed by atoms with van der Waals surface area (Å²) in [5, 5.41) is 7.39. The summed E-state index contributed by atoms with van der Waals surface area (Å²) in [7, 11) is 0. The minimum absolute atomic E-state index is 0.0686. The van der Waals surface area contributed by atoms with Gasteiger partial charge in [-0.1, -0.05) is 6.07 Å². The molecule has 0 bridgehead atoms. The van der Waals surface area contributed by atoms with Gasteiger partial charge in [0.2, 0.25) is 0 Å². The lowest BCUT2D eigenvalue weighted by Crippen LogP contribution is -2.14. The first-order valence-electron chi connectivity index (χ1n) is 6.47. The molecule has 20 heavy (non-hydrogen) atoms. The summed E-state index contributed by atoms with van der Waals surface area (Å²) in [5.74, 6) is -0.361. The van der Waals surface area contributed by atoms with Gasteiger partial charge in [0.05, 0.1) is 23.5 Å². The molecular formula is C15H18N2O2S. The van der Waals surface area contributed by atoms with Crippen molar-refractivity contribution in [2.24, 2.45) is 0 Å². The first-order chi connectivity index (χ1) is 9.63. The predicted octanol–water partition coefficient (Wildman–Crippen LogP) is 3.68. The van der Waals surface area contributed by atoms with Crippen LogP contribution in [0.2, 0.25) is 0 Å². The lowest BCUT2D eigenvalue weighted by Gasteiger charge is -2.18. The number of para-hydroxylation sites is 1. The molecule has 5 heteroatoms. The lowest BCUT2D eigenvalue weighted by molar-refractivity contribution is 0.0527. The van der Waals surface area contributed by atoms with Gasteiger partial charge in [-0.15, -0.1) is 0 Å². The number of hydrogen-bond acceptors (Lipinski definition) is 5. The zero-order valence-electron chi connectivity index (χ0n) is 11.6. The van der Waals surface area contributed by atoms with Crippen molar-refractivity contribution in [3.8, 4) is 0 Å². The molecule has 0 radical (unpaired) electrons. The zero-order valence-corrected chi connectivity index (χ0v) is 12.4. The molecule has 0 fully saturated rings. The molecule has 0 spiro atoms. The van der Waals surface area contributed by atoms with Gasteiger partial charge in [0.15, 0.2) is 0 Å². The third-order valence-electron chi connectivity index (χ3n) is 3.00. The molecule has 1 heterocycles. The average Bonchev–Trinajstić information content (AvgIpc) is 2.95. The van der Waals surface area contributed by atoms with E-state index in [1.165, 1.54) is 0 Å². The van der Waals surface area contributed by atoms with E-state index in [2.05, 4.69) is 10.7 Å². The van der Waals surface area contributed by atoms with Crippen LogP contribution in [-0.2, 0) is 4.74 Å². The normalized spacial score (nSPS) is 11.9. The Kier molecular flexibility index (Phi) is 4.63. The predicted molar refractivity (Wildman–Crippen MR) is 83.2 cm³/mol. The molecule has 3 N–H and O–H groups in total. The fraction of sp³-hybridized carbons (Fsp3) is 0.267. The van der Waals surface area contributed by atoms with Crippen LogP contribution in [0, 0.1) is 0 Å². The number of hydrogen-bond donors (Lipinski definition) is 2. The van der Waals surface area contributed by atoms with Crippen LogP contribution in [0.1, 0.15) is 35.8 Å². The molecule has 2 rings (SSSR count). The van der Waals surface area contributed by atoms with Gasteiger partial charge in [0.25, 0.3) is 0 Å².